The molecule has 1 aliphatic rings. The third-order valence-electron chi connectivity index (χ3n) is 5.86. The molecule has 3 aromatic rings. The minimum absolute atomic E-state index is 0.0494. The van der Waals surface area contributed by atoms with Crippen LogP contribution >= 0.6 is 23.4 Å². The second kappa shape index (κ2) is 9.35. The summed E-state index contributed by atoms with van der Waals surface area (Å²) in [6.45, 7) is 1.85. The van der Waals surface area contributed by atoms with Gasteiger partial charge in [-0.2, -0.15) is 5.26 Å². The molecular weight excluding hydrogens is 444 g/mol. The van der Waals surface area contributed by atoms with Gasteiger partial charge in [-0.1, -0.05) is 60.8 Å². The SMILES string of the molecule is Cc1c(Cl)cccc1-n1c(SCC(=O)NC2(C#N)CCCCC2)nc2ccccc2c1=O. The Labute approximate surface area is 195 Å². The fourth-order valence-electron chi connectivity index (χ4n) is 4.11. The summed E-state index contributed by atoms with van der Waals surface area (Å²) in [4.78, 5) is 30.8. The number of carbonyl (C=O) groups is 1. The van der Waals surface area contributed by atoms with Crippen molar-refractivity contribution in [2.24, 2.45) is 0 Å². The molecule has 0 aliphatic heterocycles. The van der Waals surface area contributed by atoms with Gasteiger partial charge in [0, 0.05) is 5.02 Å². The van der Waals surface area contributed by atoms with Crippen LogP contribution < -0.4 is 10.9 Å². The van der Waals surface area contributed by atoms with Crippen LogP contribution in [0.5, 0.6) is 0 Å². The van der Waals surface area contributed by atoms with E-state index in [4.69, 9.17) is 11.6 Å². The average Bonchev–Trinajstić information content (AvgIpc) is 2.81. The van der Waals surface area contributed by atoms with Gasteiger partial charge in [0.25, 0.3) is 5.56 Å². The van der Waals surface area contributed by atoms with Gasteiger partial charge < -0.3 is 5.32 Å². The minimum Gasteiger partial charge on any atom is -0.337 e. The molecule has 2 aromatic carbocycles. The lowest BCUT2D eigenvalue weighted by atomic mass is 9.83. The molecule has 1 amide bonds. The van der Waals surface area contributed by atoms with Crippen LogP contribution in [0.4, 0.5) is 0 Å². The van der Waals surface area contributed by atoms with Gasteiger partial charge in [0.2, 0.25) is 5.91 Å². The lowest BCUT2D eigenvalue weighted by Crippen LogP contribution is -2.49. The zero-order valence-electron chi connectivity index (χ0n) is 17.7. The molecule has 0 bridgehead atoms. The van der Waals surface area contributed by atoms with E-state index in [0.29, 0.717) is 39.6 Å². The molecule has 32 heavy (non-hydrogen) atoms. The van der Waals surface area contributed by atoms with Gasteiger partial charge in [0.15, 0.2) is 5.16 Å². The molecule has 1 heterocycles. The molecule has 1 aliphatic carbocycles. The van der Waals surface area contributed by atoms with Gasteiger partial charge >= 0.3 is 0 Å². The first-order chi connectivity index (χ1) is 15.4. The second-order valence-corrected chi connectivity index (χ2v) is 9.38. The second-order valence-electron chi connectivity index (χ2n) is 8.03. The van der Waals surface area contributed by atoms with Gasteiger partial charge in [-0.3, -0.25) is 14.2 Å². The summed E-state index contributed by atoms with van der Waals surface area (Å²) < 4.78 is 1.52. The Morgan fingerprint density at radius 1 is 1.22 bits per heavy atom. The molecule has 0 spiro atoms. The number of thioether (sulfide) groups is 1. The Kier molecular flexibility index (Phi) is 6.54. The summed E-state index contributed by atoms with van der Waals surface area (Å²) >= 11 is 7.50. The standard InChI is InChI=1S/C24H23ClN4O2S/c1-16-18(25)9-7-11-20(16)29-22(31)17-8-3-4-10-19(17)27-23(29)32-14-21(30)28-24(15-26)12-5-2-6-13-24/h3-4,7-11H,2,5-6,12-14H2,1H3,(H,28,30). The fourth-order valence-corrected chi connectivity index (χ4v) is 5.09. The van der Waals surface area contributed by atoms with Gasteiger partial charge in [0.05, 0.1) is 28.4 Å². The van der Waals surface area contributed by atoms with E-state index in [0.717, 1.165) is 24.8 Å². The number of nitrogens with zero attached hydrogens (tertiary/aromatic N) is 3. The van der Waals surface area contributed by atoms with Crippen molar-refractivity contribution in [3.8, 4) is 11.8 Å². The number of carbonyl (C=O) groups excluding carboxylic acids is 1. The monoisotopic (exact) mass is 466 g/mol. The van der Waals surface area contributed by atoms with Crippen molar-refractivity contribution < 1.29 is 4.79 Å². The summed E-state index contributed by atoms with van der Waals surface area (Å²) in [7, 11) is 0. The summed E-state index contributed by atoms with van der Waals surface area (Å²) in [6.07, 6.45) is 4.28. The summed E-state index contributed by atoms with van der Waals surface area (Å²) in [5.41, 5.74) is 0.937. The van der Waals surface area contributed by atoms with E-state index in [9.17, 15) is 14.9 Å². The number of hydrogen-bond acceptors (Lipinski definition) is 5. The highest BCUT2D eigenvalue weighted by Gasteiger charge is 2.33. The van der Waals surface area contributed by atoms with Crippen LogP contribution in [0.2, 0.25) is 5.02 Å². The Morgan fingerprint density at radius 2 is 1.97 bits per heavy atom. The largest absolute Gasteiger partial charge is 0.337 e. The predicted octanol–water partition coefficient (Wildman–Crippen LogP) is 4.78. The van der Waals surface area contributed by atoms with Crippen molar-refractivity contribution >= 4 is 40.2 Å². The number of halogens is 1. The molecule has 1 saturated carbocycles. The van der Waals surface area contributed by atoms with Crippen molar-refractivity contribution in [3.05, 3.63) is 63.4 Å². The van der Waals surface area contributed by atoms with Crippen molar-refractivity contribution in [2.45, 2.75) is 49.7 Å². The molecule has 8 heteroatoms. The first kappa shape index (κ1) is 22.4. The smallest absolute Gasteiger partial charge is 0.266 e. The maximum absolute atomic E-state index is 13.4. The molecule has 6 nitrogen and oxygen atoms in total. The van der Waals surface area contributed by atoms with Crippen LogP contribution in [0.1, 0.15) is 37.7 Å². The van der Waals surface area contributed by atoms with E-state index in [1.165, 1.54) is 16.3 Å². The van der Waals surface area contributed by atoms with Gasteiger partial charge in [0.1, 0.15) is 5.54 Å². The average molecular weight is 467 g/mol. The Morgan fingerprint density at radius 3 is 2.72 bits per heavy atom. The minimum atomic E-state index is -0.796. The lowest BCUT2D eigenvalue weighted by Gasteiger charge is -2.31. The van der Waals surface area contributed by atoms with E-state index in [1.807, 2.05) is 19.1 Å². The van der Waals surface area contributed by atoms with Crippen LogP contribution in [-0.2, 0) is 4.79 Å². The molecule has 1 N–H and O–H groups in total. The van der Waals surface area contributed by atoms with Crippen LogP contribution in [0, 0.1) is 18.3 Å². The number of nitriles is 1. The third-order valence-corrected chi connectivity index (χ3v) is 7.21. The van der Waals surface area contributed by atoms with Crippen LogP contribution in [-0.4, -0.2) is 26.8 Å². The topological polar surface area (TPSA) is 87.8 Å². The predicted molar refractivity (Wildman–Crippen MR) is 127 cm³/mol. The quantitative estimate of drug-likeness (QED) is 0.431. The van der Waals surface area contributed by atoms with E-state index < -0.39 is 5.54 Å². The molecule has 0 saturated heterocycles. The van der Waals surface area contributed by atoms with Crippen molar-refractivity contribution in [2.75, 3.05) is 5.75 Å². The van der Waals surface area contributed by atoms with E-state index in [1.54, 1.807) is 30.3 Å². The highest BCUT2D eigenvalue weighted by Crippen LogP contribution is 2.29. The molecule has 1 aromatic heterocycles. The van der Waals surface area contributed by atoms with E-state index in [-0.39, 0.29) is 17.2 Å². The van der Waals surface area contributed by atoms with Crippen molar-refractivity contribution in [1.82, 2.24) is 14.9 Å². The molecule has 0 unspecified atom stereocenters. The Hall–Kier alpha value is -2.82. The maximum Gasteiger partial charge on any atom is 0.266 e. The fraction of sp³-hybridized carbons (Fsp3) is 0.333. The number of nitrogens with one attached hydrogen (secondary N) is 1. The first-order valence-electron chi connectivity index (χ1n) is 10.6. The summed E-state index contributed by atoms with van der Waals surface area (Å²) in [5.74, 6) is -0.191. The van der Waals surface area contributed by atoms with Crippen molar-refractivity contribution in [1.29, 1.82) is 5.26 Å². The zero-order chi connectivity index (χ0) is 22.7. The first-order valence-corrected chi connectivity index (χ1v) is 11.9. The maximum atomic E-state index is 13.4. The van der Waals surface area contributed by atoms with Crippen LogP contribution in [0.15, 0.2) is 52.4 Å². The number of fused-ring (bicyclic) bond motifs is 1. The highest BCUT2D eigenvalue weighted by molar-refractivity contribution is 7.99. The van der Waals surface area contributed by atoms with E-state index >= 15 is 0 Å². The number of para-hydroxylation sites is 1. The van der Waals surface area contributed by atoms with Crippen LogP contribution in [0.3, 0.4) is 0 Å². The zero-order valence-corrected chi connectivity index (χ0v) is 19.3. The number of benzene rings is 2. The van der Waals surface area contributed by atoms with Gasteiger partial charge in [-0.05, 0) is 49.6 Å². The number of rotatable bonds is 5. The number of aromatic nitrogens is 2. The third kappa shape index (κ3) is 4.38. The van der Waals surface area contributed by atoms with Gasteiger partial charge in [-0.15, -0.1) is 0 Å². The molecule has 4 rings (SSSR count). The van der Waals surface area contributed by atoms with Gasteiger partial charge in [-0.25, -0.2) is 4.98 Å². The summed E-state index contributed by atoms with van der Waals surface area (Å²) in [6, 6.07) is 14.8. The van der Waals surface area contributed by atoms with Crippen LogP contribution in [0.25, 0.3) is 16.6 Å². The lowest BCUT2D eigenvalue weighted by molar-refractivity contribution is -0.120. The Bertz CT molecular complexity index is 1280. The molecule has 164 valence electrons. The highest BCUT2D eigenvalue weighted by atomic mass is 35.5. The normalized spacial score (nSPS) is 15.3. The number of hydrogen-bond donors (Lipinski definition) is 1. The molecular formula is C24H23ClN4O2S. The Balaban J connectivity index is 1.69. The number of amides is 1. The van der Waals surface area contributed by atoms with E-state index in [2.05, 4.69) is 16.4 Å². The molecule has 0 atom stereocenters. The van der Waals surface area contributed by atoms with Crippen molar-refractivity contribution in [3.63, 3.8) is 0 Å². The molecule has 1 fully saturated rings. The summed E-state index contributed by atoms with van der Waals surface area (Å²) in [5, 5.41) is 14.0. The molecule has 0 radical (unpaired) electrons.